The molecule has 2 saturated carbocycles. The molecule has 3 N–H and O–H groups in total. The number of fused-ring (bicyclic) bond motifs is 1. The fourth-order valence-electron chi connectivity index (χ4n) is 4.24. The van der Waals surface area contributed by atoms with E-state index >= 15 is 0 Å². The summed E-state index contributed by atoms with van der Waals surface area (Å²) in [6.07, 6.45) is 5.95. The van der Waals surface area contributed by atoms with Crippen molar-refractivity contribution in [2.45, 2.75) is 43.6 Å². The zero-order valence-electron chi connectivity index (χ0n) is 18.7. The van der Waals surface area contributed by atoms with E-state index in [4.69, 9.17) is 9.47 Å². The summed E-state index contributed by atoms with van der Waals surface area (Å²) in [4.78, 5) is 30.5. The fourth-order valence-corrected chi connectivity index (χ4v) is 4.24. The minimum Gasteiger partial charge on any atom is -0.379 e. The van der Waals surface area contributed by atoms with E-state index < -0.39 is 0 Å². The van der Waals surface area contributed by atoms with Gasteiger partial charge in [-0.2, -0.15) is 9.61 Å². The van der Waals surface area contributed by atoms with E-state index in [9.17, 15) is 9.59 Å². The zero-order chi connectivity index (χ0) is 23.1. The van der Waals surface area contributed by atoms with Crippen molar-refractivity contribution < 1.29 is 14.3 Å². The van der Waals surface area contributed by atoms with Crippen LogP contribution in [-0.2, 0) is 9.47 Å². The van der Waals surface area contributed by atoms with Gasteiger partial charge >= 0.3 is 0 Å². The van der Waals surface area contributed by atoms with Crippen molar-refractivity contribution in [3.8, 4) is 0 Å². The average molecular weight is 454 g/mol. The molecule has 1 unspecified atom stereocenters. The smallest absolute Gasteiger partial charge is 0.274 e. The van der Waals surface area contributed by atoms with Crippen molar-refractivity contribution >= 4 is 28.9 Å². The monoisotopic (exact) mass is 453 g/mol. The molecule has 0 spiro atoms. The van der Waals surface area contributed by atoms with E-state index in [1.165, 1.54) is 6.20 Å². The van der Waals surface area contributed by atoms with Crippen LogP contribution in [0, 0.1) is 0 Å². The van der Waals surface area contributed by atoms with Crippen molar-refractivity contribution in [1.29, 1.82) is 0 Å². The standard InChI is InChI=1S/C22H27N7O4/c1-23-19-10-18(25-14-5-4-8-28(22(14)31)15-9-17(15)33-3)27-20-12(11-24-29(19)20)21(30)26-13-6-7-16(13)32-2/h4-5,8,10-11,13,15-17,23H,6-7,9H2,1-3H3,(H,25,27)(H,26,30)/t13?,15-,16-,17-/m1/s1. The summed E-state index contributed by atoms with van der Waals surface area (Å²) in [5.74, 6) is 0.788. The van der Waals surface area contributed by atoms with Gasteiger partial charge in [0.1, 0.15) is 22.9 Å². The Morgan fingerprint density at radius 2 is 2.03 bits per heavy atom. The Bertz CT molecular complexity index is 1250. The Morgan fingerprint density at radius 3 is 2.70 bits per heavy atom. The molecule has 2 aliphatic carbocycles. The number of nitrogens with one attached hydrogen (secondary N) is 3. The van der Waals surface area contributed by atoms with Crippen molar-refractivity contribution in [3.05, 3.63) is 46.5 Å². The van der Waals surface area contributed by atoms with Crippen molar-refractivity contribution in [3.63, 3.8) is 0 Å². The fraction of sp³-hybridized carbons (Fsp3) is 0.455. The van der Waals surface area contributed by atoms with Crippen molar-refractivity contribution in [1.82, 2.24) is 24.5 Å². The molecule has 2 aliphatic rings. The largest absolute Gasteiger partial charge is 0.379 e. The summed E-state index contributed by atoms with van der Waals surface area (Å²) >= 11 is 0. The third kappa shape index (κ3) is 3.83. The number of nitrogens with zero attached hydrogens (tertiary/aromatic N) is 4. The third-order valence-corrected chi connectivity index (χ3v) is 6.40. The first-order valence-electron chi connectivity index (χ1n) is 10.9. The summed E-state index contributed by atoms with van der Waals surface area (Å²) in [5.41, 5.74) is 0.967. The van der Waals surface area contributed by atoms with Crippen molar-refractivity contribution in [2.75, 3.05) is 31.9 Å². The molecule has 0 aromatic carbocycles. The molecular formula is C22H27N7O4. The molecule has 0 bridgehead atoms. The second kappa shape index (κ2) is 8.49. The van der Waals surface area contributed by atoms with Crippen LogP contribution in [0.5, 0.6) is 0 Å². The van der Waals surface area contributed by atoms with E-state index in [2.05, 4.69) is 26.0 Å². The number of ether oxygens (including phenoxy) is 2. The van der Waals surface area contributed by atoms with Crippen LogP contribution in [0.2, 0.25) is 0 Å². The second-order valence-electron chi connectivity index (χ2n) is 8.34. The molecule has 0 aliphatic heterocycles. The summed E-state index contributed by atoms with van der Waals surface area (Å²) in [6, 6.07) is 5.28. The second-order valence-corrected chi connectivity index (χ2v) is 8.34. The predicted molar refractivity (Wildman–Crippen MR) is 122 cm³/mol. The molecular weight excluding hydrogens is 426 g/mol. The highest BCUT2D eigenvalue weighted by Crippen LogP contribution is 2.37. The quantitative estimate of drug-likeness (QED) is 0.469. The van der Waals surface area contributed by atoms with E-state index in [1.807, 2.05) is 6.07 Å². The predicted octanol–water partition coefficient (Wildman–Crippen LogP) is 1.54. The molecule has 2 fully saturated rings. The summed E-state index contributed by atoms with van der Waals surface area (Å²) in [7, 11) is 5.05. The molecule has 33 heavy (non-hydrogen) atoms. The Labute approximate surface area is 190 Å². The van der Waals surface area contributed by atoms with Crippen LogP contribution in [0.15, 0.2) is 35.4 Å². The first-order valence-corrected chi connectivity index (χ1v) is 10.9. The van der Waals surface area contributed by atoms with E-state index in [0.29, 0.717) is 28.5 Å². The molecule has 11 heteroatoms. The summed E-state index contributed by atoms with van der Waals surface area (Å²) < 4.78 is 14.0. The van der Waals surface area contributed by atoms with Crippen LogP contribution in [0.1, 0.15) is 35.7 Å². The van der Waals surface area contributed by atoms with Gasteiger partial charge in [-0.25, -0.2) is 4.98 Å². The number of methoxy groups -OCH3 is 2. The van der Waals surface area contributed by atoms with Gasteiger partial charge < -0.3 is 30.0 Å². The van der Waals surface area contributed by atoms with Gasteiger partial charge in [0.15, 0.2) is 5.65 Å². The number of hydrogen-bond donors (Lipinski definition) is 3. The number of anilines is 3. The van der Waals surface area contributed by atoms with Crippen LogP contribution < -0.4 is 21.5 Å². The van der Waals surface area contributed by atoms with Crippen LogP contribution in [-0.4, -0.2) is 64.6 Å². The lowest BCUT2D eigenvalue weighted by molar-refractivity contribution is 0.00732. The molecule has 1 amide bonds. The van der Waals surface area contributed by atoms with Gasteiger partial charge in [-0.05, 0) is 31.4 Å². The minimum absolute atomic E-state index is 0.0244. The molecule has 174 valence electrons. The Balaban J connectivity index is 1.45. The molecule has 0 radical (unpaired) electrons. The van der Waals surface area contributed by atoms with Gasteiger partial charge in [0.25, 0.3) is 11.5 Å². The Hall–Kier alpha value is -3.44. The Morgan fingerprint density at radius 1 is 1.21 bits per heavy atom. The molecule has 3 aromatic rings. The number of amides is 1. The highest BCUT2D eigenvalue weighted by Gasteiger charge is 2.39. The number of carbonyl (C=O) groups excluding carboxylic acids is 1. The SMILES string of the molecule is CNc1cc(Nc2cccn([C@@H]3C[C@H]3OC)c2=O)nc2c(C(=O)NC3CC[C@H]3OC)cnn12. The maximum atomic E-state index is 13.0. The molecule has 11 nitrogen and oxygen atoms in total. The first kappa shape index (κ1) is 21.4. The van der Waals surface area contributed by atoms with Crippen molar-refractivity contribution in [2.24, 2.45) is 0 Å². The van der Waals surface area contributed by atoms with Gasteiger partial charge in [0.2, 0.25) is 0 Å². The van der Waals surface area contributed by atoms with Crippen LogP contribution in [0.4, 0.5) is 17.3 Å². The lowest BCUT2D eigenvalue weighted by atomic mass is 9.89. The first-order chi connectivity index (χ1) is 16.0. The van der Waals surface area contributed by atoms with E-state index in [-0.39, 0.29) is 35.8 Å². The van der Waals surface area contributed by atoms with Gasteiger partial charge in [-0.15, -0.1) is 0 Å². The van der Waals surface area contributed by atoms with Gasteiger partial charge in [0.05, 0.1) is 30.5 Å². The molecule has 3 aromatic heterocycles. The average Bonchev–Trinajstić information content (AvgIpc) is 3.47. The molecule has 5 rings (SSSR count). The van der Waals surface area contributed by atoms with Crippen LogP contribution in [0.3, 0.4) is 0 Å². The van der Waals surface area contributed by atoms with E-state index in [1.54, 1.807) is 48.7 Å². The van der Waals surface area contributed by atoms with Gasteiger partial charge in [0, 0.05) is 33.5 Å². The number of hydrogen-bond acceptors (Lipinski definition) is 8. The summed E-state index contributed by atoms with van der Waals surface area (Å²) in [5, 5.41) is 13.5. The summed E-state index contributed by atoms with van der Waals surface area (Å²) in [6.45, 7) is 0. The van der Waals surface area contributed by atoms with E-state index in [0.717, 1.165) is 19.3 Å². The Kier molecular flexibility index (Phi) is 5.51. The minimum atomic E-state index is -0.259. The normalized spacial score (nSPS) is 23.7. The molecule has 3 heterocycles. The molecule has 4 atom stereocenters. The maximum absolute atomic E-state index is 13.0. The highest BCUT2D eigenvalue weighted by molar-refractivity contribution is 6.00. The topological polar surface area (TPSA) is 124 Å². The lowest BCUT2D eigenvalue weighted by Crippen LogP contribution is -2.51. The number of aromatic nitrogens is 4. The van der Waals surface area contributed by atoms with Crippen LogP contribution >= 0.6 is 0 Å². The third-order valence-electron chi connectivity index (χ3n) is 6.40. The molecule has 0 saturated heterocycles. The highest BCUT2D eigenvalue weighted by atomic mass is 16.5. The number of pyridine rings is 1. The lowest BCUT2D eigenvalue weighted by Gasteiger charge is -2.35. The van der Waals surface area contributed by atoms with Gasteiger partial charge in [-0.3, -0.25) is 9.59 Å². The number of rotatable bonds is 8. The number of carbonyl (C=O) groups is 1. The van der Waals surface area contributed by atoms with Crippen LogP contribution in [0.25, 0.3) is 5.65 Å². The maximum Gasteiger partial charge on any atom is 0.274 e. The zero-order valence-corrected chi connectivity index (χ0v) is 18.7. The van der Waals surface area contributed by atoms with Gasteiger partial charge in [-0.1, -0.05) is 0 Å².